The first-order valence-electron chi connectivity index (χ1n) is 6.62. The maximum atomic E-state index is 5.60. The number of hydrogen-bond acceptors (Lipinski definition) is 4. The van der Waals surface area contributed by atoms with E-state index in [1.54, 1.807) is 0 Å². The third-order valence-electron chi connectivity index (χ3n) is 2.83. The molecule has 0 spiro atoms. The first-order chi connectivity index (χ1) is 8.65. The summed E-state index contributed by atoms with van der Waals surface area (Å²) >= 11 is 0. The van der Waals surface area contributed by atoms with Crippen molar-refractivity contribution < 1.29 is 9.47 Å². The van der Waals surface area contributed by atoms with Crippen LogP contribution >= 0.6 is 0 Å². The Labute approximate surface area is 108 Å². The molecule has 0 aromatic carbocycles. The summed E-state index contributed by atoms with van der Waals surface area (Å²) in [5.74, 6) is 1.53. The molecule has 1 fully saturated rings. The monoisotopic (exact) mass is 253 g/mol. The van der Waals surface area contributed by atoms with Crippen LogP contribution in [0.2, 0.25) is 0 Å². The van der Waals surface area contributed by atoms with E-state index in [4.69, 9.17) is 9.47 Å². The molecule has 1 aliphatic rings. The topological polar surface area (TPSA) is 48.3 Å². The molecule has 5 heteroatoms. The Morgan fingerprint density at radius 1 is 1.50 bits per heavy atom. The summed E-state index contributed by atoms with van der Waals surface area (Å²) in [6.07, 6.45) is 2.21. The van der Waals surface area contributed by atoms with Crippen LogP contribution in [0.3, 0.4) is 0 Å². The van der Waals surface area contributed by atoms with Crippen molar-refractivity contribution >= 4 is 5.95 Å². The molecule has 0 bridgehead atoms. The Hall–Kier alpha value is -1.07. The van der Waals surface area contributed by atoms with Gasteiger partial charge >= 0.3 is 0 Å². The largest absolute Gasteiger partial charge is 0.376 e. The summed E-state index contributed by atoms with van der Waals surface area (Å²) in [5.41, 5.74) is 1.04. The molecule has 102 valence electrons. The van der Waals surface area contributed by atoms with Crippen molar-refractivity contribution in [3.63, 3.8) is 0 Å². The van der Waals surface area contributed by atoms with Gasteiger partial charge in [-0.25, -0.2) is 4.98 Å². The molecule has 0 amide bonds. The Kier molecular flexibility index (Phi) is 4.60. The summed E-state index contributed by atoms with van der Waals surface area (Å²) in [7, 11) is 0. The predicted octanol–water partition coefficient (Wildman–Crippen LogP) is 1.67. The molecule has 1 N–H and O–H groups in total. The van der Waals surface area contributed by atoms with Crippen molar-refractivity contribution in [3.05, 3.63) is 11.9 Å². The van der Waals surface area contributed by atoms with Gasteiger partial charge in [0.25, 0.3) is 0 Å². The van der Waals surface area contributed by atoms with Gasteiger partial charge in [-0.2, -0.15) is 0 Å². The standard InChI is InChI=1S/C13H23N3O2/c1-10(2)7-16-8-11(3)15-13(16)14-6-12-9-17-4-5-18-12/h8,10,12H,4-7,9H2,1-3H3,(H,14,15). The highest BCUT2D eigenvalue weighted by Crippen LogP contribution is 2.12. The summed E-state index contributed by atoms with van der Waals surface area (Å²) in [6.45, 7) is 10.2. The SMILES string of the molecule is Cc1cn(CC(C)C)c(NCC2COCCO2)n1. The van der Waals surface area contributed by atoms with E-state index in [9.17, 15) is 0 Å². The molecule has 5 nitrogen and oxygen atoms in total. The number of anilines is 1. The molecule has 0 aliphatic carbocycles. The van der Waals surface area contributed by atoms with Crippen molar-refractivity contribution in [1.29, 1.82) is 0 Å². The quantitative estimate of drug-likeness (QED) is 0.867. The molecule has 1 unspecified atom stereocenters. The van der Waals surface area contributed by atoms with Crippen molar-refractivity contribution in [1.82, 2.24) is 9.55 Å². The maximum absolute atomic E-state index is 5.60. The minimum atomic E-state index is 0.128. The van der Waals surface area contributed by atoms with Crippen LogP contribution in [0.5, 0.6) is 0 Å². The predicted molar refractivity (Wildman–Crippen MR) is 70.9 cm³/mol. The van der Waals surface area contributed by atoms with E-state index in [-0.39, 0.29) is 6.10 Å². The van der Waals surface area contributed by atoms with Crippen LogP contribution in [0.25, 0.3) is 0 Å². The number of rotatable bonds is 5. The molecule has 2 heterocycles. The lowest BCUT2D eigenvalue weighted by Crippen LogP contribution is -2.34. The number of hydrogen-bond donors (Lipinski definition) is 1. The lowest BCUT2D eigenvalue weighted by molar-refractivity contribution is -0.0819. The second-order valence-corrected chi connectivity index (χ2v) is 5.20. The first-order valence-corrected chi connectivity index (χ1v) is 6.62. The third kappa shape index (κ3) is 3.71. The van der Waals surface area contributed by atoms with Crippen LogP contribution in [0.15, 0.2) is 6.20 Å². The Balaban J connectivity index is 1.91. The van der Waals surface area contributed by atoms with Gasteiger partial charge in [0.05, 0.1) is 31.6 Å². The molecule has 2 rings (SSSR count). The van der Waals surface area contributed by atoms with Crippen LogP contribution < -0.4 is 5.32 Å². The van der Waals surface area contributed by atoms with Gasteiger partial charge in [0.15, 0.2) is 0 Å². The minimum Gasteiger partial charge on any atom is -0.376 e. The Morgan fingerprint density at radius 3 is 3.00 bits per heavy atom. The Bertz CT molecular complexity index is 370. The van der Waals surface area contributed by atoms with E-state index in [0.717, 1.165) is 24.7 Å². The van der Waals surface area contributed by atoms with Crippen molar-refractivity contribution in [2.75, 3.05) is 31.7 Å². The second kappa shape index (κ2) is 6.20. The summed E-state index contributed by atoms with van der Waals surface area (Å²) in [4.78, 5) is 4.50. The van der Waals surface area contributed by atoms with E-state index in [2.05, 4.69) is 34.9 Å². The van der Waals surface area contributed by atoms with E-state index in [1.165, 1.54) is 0 Å². The van der Waals surface area contributed by atoms with E-state index < -0.39 is 0 Å². The average molecular weight is 253 g/mol. The molecular formula is C13H23N3O2. The van der Waals surface area contributed by atoms with Crippen LogP contribution in [0.1, 0.15) is 19.5 Å². The molecule has 0 saturated carbocycles. The molecule has 1 saturated heterocycles. The van der Waals surface area contributed by atoms with Gasteiger partial charge in [0, 0.05) is 19.3 Å². The zero-order valence-electron chi connectivity index (χ0n) is 11.5. The average Bonchev–Trinajstić information content (AvgIpc) is 2.67. The summed E-state index contributed by atoms with van der Waals surface area (Å²) in [5, 5.41) is 3.36. The summed E-state index contributed by atoms with van der Waals surface area (Å²) in [6, 6.07) is 0. The van der Waals surface area contributed by atoms with Gasteiger partial charge in [-0.15, -0.1) is 0 Å². The lowest BCUT2D eigenvalue weighted by Gasteiger charge is -2.23. The maximum Gasteiger partial charge on any atom is 0.203 e. The number of imidazole rings is 1. The number of ether oxygens (including phenoxy) is 2. The fourth-order valence-electron chi connectivity index (χ4n) is 2.08. The van der Waals surface area contributed by atoms with Gasteiger partial charge < -0.3 is 19.4 Å². The highest BCUT2D eigenvalue weighted by molar-refractivity contribution is 5.29. The zero-order chi connectivity index (χ0) is 13.0. The van der Waals surface area contributed by atoms with Crippen molar-refractivity contribution in [3.8, 4) is 0 Å². The van der Waals surface area contributed by atoms with Crippen LogP contribution in [-0.2, 0) is 16.0 Å². The molecule has 0 radical (unpaired) electrons. The van der Waals surface area contributed by atoms with Crippen LogP contribution in [-0.4, -0.2) is 42.0 Å². The number of nitrogens with zero attached hydrogens (tertiary/aromatic N) is 2. The lowest BCUT2D eigenvalue weighted by atomic mass is 10.2. The molecule has 1 aromatic rings. The van der Waals surface area contributed by atoms with Crippen LogP contribution in [0, 0.1) is 12.8 Å². The third-order valence-corrected chi connectivity index (χ3v) is 2.83. The van der Waals surface area contributed by atoms with Gasteiger partial charge in [0.1, 0.15) is 0 Å². The fraction of sp³-hybridized carbons (Fsp3) is 0.769. The summed E-state index contributed by atoms with van der Waals surface area (Å²) < 4.78 is 13.2. The fourth-order valence-corrected chi connectivity index (χ4v) is 2.08. The Morgan fingerprint density at radius 2 is 2.33 bits per heavy atom. The van der Waals surface area contributed by atoms with Gasteiger partial charge in [-0.05, 0) is 12.8 Å². The first kappa shape index (κ1) is 13.4. The van der Waals surface area contributed by atoms with Crippen LogP contribution in [0.4, 0.5) is 5.95 Å². The normalized spacial score (nSPS) is 20.3. The molecule has 18 heavy (non-hydrogen) atoms. The number of nitrogens with one attached hydrogen (secondary N) is 1. The molecular weight excluding hydrogens is 230 g/mol. The molecule has 1 aliphatic heterocycles. The van der Waals surface area contributed by atoms with E-state index >= 15 is 0 Å². The molecule has 1 atom stereocenters. The van der Waals surface area contributed by atoms with Gasteiger partial charge in [-0.1, -0.05) is 13.8 Å². The van der Waals surface area contributed by atoms with Crippen molar-refractivity contribution in [2.24, 2.45) is 5.92 Å². The number of aryl methyl sites for hydroxylation is 1. The van der Waals surface area contributed by atoms with E-state index in [0.29, 0.717) is 25.7 Å². The van der Waals surface area contributed by atoms with Gasteiger partial charge in [-0.3, -0.25) is 0 Å². The highest BCUT2D eigenvalue weighted by atomic mass is 16.6. The highest BCUT2D eigenvalue weighted by Gasteiger charge is 2.15. The number of aromatic nitrogens is 2. The smallest absolute Gasteiger partial charge is 0.203 e. The second-order valence-electron chi connectivity index (χ2n) is 5.20. The minimum absolute atomic E-state index is 0.128. The van der Waals surface area contributed by atoms with Gasteiger partial charge in [0.2, 0.25) is 5.95 Å². The van der Waals surface area contributed by atoms with E-state index in [1.807, 2.05) is 6.92 Å². The molecule has 1 aromatic heterocycles. The zero-order valence-corrected chi connectivity index (χ0v) is 11.5. The van der Waals surface area contributed by atoms with Crippen molar-refractivity contribution in [2.45, 2.75) is 33.4 Å².